The molecule has 4 rings (SSSR count). The number of benzene rings is 1. The van der Waals surface area contributed by atoms with Gasteiger partial charge in [0.05, 0.1) is 10.9 Å². The molecule has 0 unspecified atom stereocenters. The highest BCUT2D eigenvalue weighted by atomic mass is 16.2. The number of nitrogens with zero attached hydrogens (tertiary/aromatic N) is 2. The van der Waals surface area contributed by atoms with Crippen molar-refractivity contribution in [1.82, 2.24) is 15.2 Å². The van der Waals surface area contributed by atoms with Crippen molar-refractivity contribution < 1.29 is 4.79 Å². The number of piperidine rings is 2. The van der Waals surface area contributed by atoms with Crippen LogP contribution in [-0.2, 0) is 11.3 Å². The topological polar surface area (TPSA) is 45.2 Å². The van der Waals surface area contributed by atoms with Gasteiger partial charge in [-0.05, 0) is 62.5 Å². The summed E-state index contributed by atoms with van der Waals surface area (Å²) in [5.41, 5.74) is 2.30. The minimum atomic E-state index is -0.0813. The summed E-state index contributed by atoms with van der Waals surface area (Å²) in [5, 5.41) is 4.26. The zero-order valence-electron chi connectivity index (χ0n) is 13.4. The highest BCUT2D eigenvalue weighted by Crippen LogP contribution is 2.38. The van der Waals surface area contributed by atoms with Crippen LogP contribution >= 0.6 is 0 Å². The van der Waals surface area contributed by atoms with Crippen molar-refractivity contribution >= 4 is 16.8 Å². The number of aromatic nitrogens is 1. The van der Waals surface area contributed by atoms with E-state index in [0.717, 1.165) is 57.4 Å². The summed E-state index contributed by atoms with van der Waals surface area (Å²) < 4.78 is 0. The number of carbonyl (C=O) groups excluding carboxylic acids is 1. The van der Waals surface area contributed by atoms with Crippen LogP contribution in [0.25, 0.3) is 10.9 Å². The fourth-order valence-corrected chi connectivity index (χ4v) is 4.03. The third-order valence-corrected chi connectivity index (χ3v) is 5.49. The Hall–Kier alpha value is -1.94. The molecular weight excluding hydrogens is 286 g/mol. The summed E-state index contributed by atoms with van der Waals surface area (Å²) in [7, 11) is 0. The fourth-order valence-electron chi connectivity index (χ4n) is 4.03. The van der Waals surface area contributed by atoms with Crippen LogP contribution in [0.1, 0.15) is 31.2 Å². The molecule has 4 nitrogen and oxygen atoms in total. The first-order chi connectivity index (χ1) is 11.3. The second kappa shape index (κ2) is 5.93. The Morgan fingerprint density at radius 3 is 2.87 bits per heavy atom. The Labute approximate surface area is 136 Å². The summed E-state index contributed by atoms with van der Waals surface area (Å²) >= 11 is 0. The number of rotatable bonds is 2. The van der Waals surface area contributed by atoms with Crippen LogP contribution in [-0.4, -0.2) is 35.4 Å². The lowest BCUT2D eigenvalue weighted by atomic mass is 9.72. The Morgan fingerprint density at radius 2 is 2.04 bits per heavy atom. The van der Waals surface area contributed by atoms with E-state index in [1.807, 2.05) is 12.3 Å². The lowest BCUT2D eigenvalue weighted by Crippen LogP contribution is -2.51. The molecular formula is C19H23N3O. The van der Waals surface area contributed by atoms with E-state index in [9.17, 15) is 4.79 Å². The van der Waals surface area contributed by atoms with Crippen LogP contribution in [0.3, 0.4) is 0 Å². The molecule has 1 aromatic carbocycles. The predicted molar refractivity (Wildman–Crippen MR) is 90.9 cm³/mol. The normalized spacial score (nSPS) is 21.5. The van der Waals surface area contributed by atoms with Gasteiger partial charge in [0.1, 0.15) is 0 Å². The van der Waals surface area contributed by atoms with E-state index in [0.29, 0.717) is 5.91 Å². The van der Waals surface area contributed by atoms with Crippen molar-refractivity contribution in [3.8, 4) is 0 Å². The molecule has 2 fully saturated rings. The summed E-state index contributed by atoms with van der Waals surface area (Å²) in [6.07, 6.45) is 6.01. The Kier molecular flexibility index (Phi) is 3.77. The fraction of sp³-hybridized carbons (Fsp3) is 0.474. The van der Waals surface area contributed by atoms with Crippen molar-refractivity contribution in [3.05, 3.63) is 42.1 Å². The Bertz CT molecular complexity index is 719. The lowest BCUT2D eigenvalue weighted by Gasteiger charge is -2.42. The van der Waals surface area contributed by atoms with Crippen LogP contribution in [0.5, 0.6) is 0 Å². The predicted octanol–water partition coefficient (Wildman–Crippen LogP) is 2.73. The van der Waals surface area contributed by atoms with Crippen LogP contribution in [0, 0.1) is 5.41 Å². The van der Waals surface area contributed by atoms with Gasteiger partial charge in [0.2, 0.25) is 5.91 Å². The quantitative estimate of drug-likeness (QED) is 0.928. The van der Waals surface area contributed by atoms with Crippen molar-refractivity contribution in [2.75, 3.05) is 19.6 Å². The highest BCUT2D eigenvalue weighted by molar-refractivity contribution is 5.83. The summed E-state index contributed by atoms with van der Waals surface area (Å²) in [6.45, 7) is 3.84. The maximum atomic E-state index is 12.2. The van der Waals surface area contributed by atoms with Gasteiger partial charge in [-0.1, -0.05) is 12.1 Å². The number of amides is 1. The largest absolute Gasteiger partial charge is 0.356 e. The van der Waals surface area contributed by atoms with Gasteiger partial charge in [-0.3, -0.25) is 14.7 Å². The first-order valence-electron chi connectivity index (χ1n) is 8.60. The molecule has 2 saturated heterocycles. The van der Waals surface area contributed by atoms with Crippen LogP contribution in [0.2, 0.25) is 0 Å². The minimum absolute atomic E-state index is 0.0813. The van der Waals surface area contributed by atoms with Crippen LogP contribution in [0.15, 0.2) is 36.5 Å². The molecule has 2 aliphatic heterocycles. The molecule has 23 heavy (non-hydrogen) atoms. The third kappa shape index (κ3) is 2.83. The second-order valence-electron chi connectivity index (χ2n) is 6.95. The first-order valence-corrected chi connectivity index (χ1v) is 8.60. The number of hydrogen-bond donors (Lipinski definition) is 1. The molecule has 0 saturated carbocycles. The smallest absolute Gasteiger partial charge is 0.226 e. The van der Waals surface area contributed by atoms with Gasteiger partial charge >= 0.3 is 0 Å². The van der Waals surface area contributed by atoms with Crippen LogP contribution < -0.4 is 5.32 Å². The number of hydrogen-bond acceptors (Lipinski definition) is 3. The van der Waals surface area contributed by atoms with Crippen molar-refractivity contribution in [1.29, 1.82) is 0 Å². The number of likely N-dealkylation sites (tertiary alicyclic amines) is 1. The van der Waals surface area contributed by atoms with Gasteiger partial charge in [-0.2, -0.15) is 0 Å². The molecule has 0 bridgehead atoms. The monoisotopic (exact) mass is 309 g/mol. The van der Waals surface area contributed by atoms with E-state index in [4.69, 9.17) is 0 Å². The Balaban J connectivity index is 1.43. The molecule has 2 aliphatic rings. The lowest BCUT2D eigenvalue weighted by molar-refractivity contribution is -0.136. The van der Waals surface area contributed by atoms with Gasteiger partial charge in [0.15, 0.2) is 0 Å². The van der Waals surface area contributed by atoms with Crippen LogP contribution in [0.4, 0.5) is 0 Å². The highest BCUT2D eigenvalue weighted by Gasteiger charge is 2.42. The molecule has 0 radical (unpaired) electrons. The van der Waals surface area contributed by atoms with Gasteiger partial charge in [0, 0.05) is 24.7 Å². The molecule has 2 aromatic rings. The summed E-state index contributed by atoms with van der Waals surface area (Å²) in [4.78, 5) is 19.1. The molecule has 0 atom stereocenters. The molecule has 1 spiro atoms. The average Bonchev–Trinajstić information content (AvgIpc) is 2.60. The van der Waals surface area contributed by atoms with Gasteiger partial charge in [0.25, 0.3) is 0 Å². The minimum Gasteiger partial charge on any atom is -0.356 e. The SMILES string of the molecule is O=C1NCCCC12CCN(Cc1ccc3ncccc3c1)CC2. The van der Waals surface area contributed by atoms with E-state index in [1.54, 1.807) is 0 Å². The van der Waals surface area contributed by atoms with E-state index >= 15 is 0 Å². The molecule has 1 amide bonds. The first kappa shape index (κ1) is 14.6. The molecule has 4 heteroatoms. The van der Waals surface area contributed by atoms with E-state index in [-0.39, 0.29) is 5.41 Å². The third-order valence-electron chi connectivity index (χ3n) is 5.49. The van der Waals surface area contributed by atoms with Crippen molar-refractivity contribution in [2.45, 2.75) is 32.2 Å². The number of fused-ring (bicyclic) bond motifs is 1. The van der Waals surface area contributed by atoms with E-state index in [1.165, 1.54) is 10.9 Å². The molecule has 0 aliphatic carbocycles. The maximum Gasteiger partial charge on any atom is 0.226 e. The number of carbonyl (C=O) groups is 1. The molecule has 1 aromatic heterocycles. The zero-order valence-corrected chi connectivity index (χ0v) is 13.4. The second-order valence-corrected chi connectivity index (χ2v) is 6.95. The van der Waals surface area contributed by atoms with Gasteiger partial charge < -0.3 is 5.32 Å². The van der Waals surface area contributed by atoms with E-state index < -0.39 is 0 Å². The number of nitrogens with one attached hydrogen (secondary N) is 1. The van der Waals surface area contributed by atoms with Gasteiger partial charge in [-0.25, -0.2) is 0 Å². The standard InChI is InChI=1S/C19H23N3O/c23-18-19(6-2-10-21-18)7-11-22(12-8-19)14-15-4-5-17-16(13-15)3-1-9-20-17/h1,3-5,9,13H,2,6-8,10-12,14H2,(H,21,23). The molecule has 1 N–H and O–H groups in total. The maximum absolute atomic E-state index is 12.2. The summed E-state index contributed by atoms with van der Waals surface area (Å²) in [5.74, 6) is 0.292. The molecule has 3 heterocycles. The molecule has 120 valence electrons. The average molecular weight is 309 g/mol. The van der Waals surface area contributed by atoms with Gasteiger partial charge in [-0.15, -0.1) is 0 Å². The number of pyridine rings is 1. The van der Waals surface area contributed by atoms with Crippen molar-refractivity contribution in [3.63, 3.8) is 0 Å². The van der Waals surface area contributed by atoms with Crippen molar-refractivity contribution in [2.24, 2.45) is 5.41 Å². The van der Waals surface area contributed by atoms with E-state index in [2.05, 4.69) is 39.5 Å². The Morgan fingerprint density at radius 1 is 1.17 bits per heavy atom. The zero-order chi connectivity index (χ0) is 15.7. The summed E-state index contributed by atoms with van der Waals surface area (Å²) in [6, 6.07) is 10.6.